The zero-order chi connectivity index (χ0) is 25.6. The second kappa shape index (κ2) is 8.65. The number of nitrogens with two attached hydrogens (primary N) is 1. The second-order valence-electron chi connectivity index (χ2n) is 8.22. The molecule has 4 N–H and O–H groups in total. The molecular formula is C24H23N9O3. The van der Waals surface area contributed by atoms with Crippen LogP contribution in [0.3, 0.4) is 0 Å². The van der Waals surface area contributed by atoms with Crippen LogP contribution in [0.1, 0.15) is 11.3 Å². The molecule has 4 aromatic heterocycles. The van der Waals surface area contributed by atoms with Crippen molar-refractivity contribution in [3.8, 4) is 34.3 Å². The van der Waals surface area contributed by atoms with Gasteiger partial charge in [-0.15, -0.1) is 0 Å². The van der Waals surface area contributed by atoms with Crippen LogP contribution in [-0.2, 0) is 14.1 Å². The second-order valence-corrected chi connectivity index (χ2v) is 8.22. The highest BCUT2D eigenvalue weighted by molar-refractivity contribution is 6.08. The van der Waals surface area contributed by atoms with Gasteiger partial charge >= 0.3 is 12.1 Å². The Labute approximate surface area is 205 Å². The third-order valence-corrected chi connectivity index (χ3v) is 5.86. The first kappa shape index (κ1) is 22.8. The number of hydrogen-bond donors (Lipinski definition) is 3. The predicted molar refractivity (Wildman–Crippen MR) is 134 cm³/mol. The Kier molecular flexibility index (Phi) is 5.47. The standard InChI is InChI=1S/C24H23N9O3/c1-12-9-10-26-23(29-12)36-15-7-5-14(6-8-15)16-17-20(25)27-11-28-22(17)32(3)19(16)18-13(2)21(30-24(34)35)31-33(18)4/h5-11H,1-4H3,(H,30,31)(H,34,35)(H2,25,27,28). The van der Waals surface area contributed by atoms with Crippen LogP contribution in [0.2, 0.25) is 0 Å². The number of nitrogens with one attached hydrogen (secondary N) is 1. The number of hydrogen-bond acceptors (Lipinski definition) is 8. The number of ether oxygens (including phenoxy) is 1. The smallest absolute Gasteiger partial charge is 0.410 e. The van der Waals surface area contributed by atoms with Crippen molar-refractivity contribution in [1.29, 1.82) is 0 Å². The van der Waals surface area contributed by atoms with E-state index in [1.54, 1.807) is 24.0 Å². The van der Waals surface area contributed by atoms with Gasteiger partial charge in [0.15, 0.2) is 5.82 Å². The van der Waals surface area contributed by atoms with E-state index < -0.39 is 6.09 Å². The van der Waals surface area contributed by atoms with Crippen LogP contribution in [0.4, 0.5) is 16.4 Å². The van der Waals surface area contributed by atoms with Crippen molar-refractivity contribution in [2.24, 2.45) is 14.1 Å². The van der Waals surface area contributed by atoms with Gasteiger partial charge < -0.3 is 20.1 Å². The predicted octanol–water partition coefficient (Wildman–Crippen LogP) is 3.91. The number of nitrogens with zero attached hydrogens (tertiary/aromatic N) is 7. The number of carbonyl (C=O) groups is 1. The first-order chi connectivity index (χ1) is 17.2. The maximum Gasteiger partial charge on any atom is 0.410 e. The average molecular weight is 486 g/mol. The number of rotatable bonds is 5. The molecule has 0 aliphatic carbocycles. The molecule has 4 heterocycles. The molecule has 0 atom stereocenters. The molecule has 12 heteroatoms. The number of benzene rings is 1. The lowest BCUT2D eigenvalue weighted by Gasteiger charge is -2.11. The number of anilines is 2. The van der Waals surface area contributed by atoms with Crippen LogP contribution in [0.25, 0.3) is 33.5 Å². The number of carboxylic acid groups (broad SMARTS) is 1. The fraction of sp³-hybridized carbons (Fsp3) is 0.167. The van der Waals surface area contributed by atoms with Gasteiger partial charge in [0.2, 0.25) is 0 Å². The lowest BCUT2D eigenvalue weighted by atomic mass is 9.99. The van der Waals surface area contributed by atoms with E-state index >= 15 is 0 Å². The third-order valence-electron chi connectivity index (χ3n) is 5.86. The van der Waals surface area contributed by atoms with Crippen LogP contribution in [-0.4, -0.2) is 45.5 Å². The molecule has 5 rings (SSSR count). The molecule has 0 radical (unpaired) electrons. The summed E-state index contributed by atoms with van der Waals surface area (Å²) in [4.78, 5) is 28.4. The molecule has 0 bridgehead atoms. The van der Waals surface area contributed by atoms with Crippen molar-refractivity contribution < 1.29 is 14.6 Å². The van der Waals surface area contributed by atoms with Gasteiger partial charge in [-0.25, -0.2) is 24.7 Å². The van der Waals surface area contributed by atoms with E-state index in [9.17, 15) is 9.90 Å². The minimum atomic E-state index is -1.19. The molecule has 1 aromatic carbocycles. The molecule has 0 saturated heterocycles. The van der Waals surface area contributed by atoms with Gasteiger partial charge in [0.1, 0.15) is 23.5 Å². The van der Waals surface area contributed by atoms with E-state index in [-0.39, 0.29) is 11.8 Å². The molecular weight excluding hydrogens is 462 g/mol. The van der Waals surface area contributed by atoms with E-state index in [0.29, 0.717) is 33.9 Å². The zero-order valence-corrected chi connectivity index (χ0v) is 20.0. The van der Waals surface area contributed by atoms with Crippen molar-refractivity contribution in [3.05, 3.63) is 54.1 Å². The van der Waals surface area contributed by atoms with E-state index in [1.807, 2.05) is 49.7 Å². The Morgan fingerprint density at radius 2 is 1.81 bits per heavy atom. The molecule has 0 saturated carbocycles. The van der Waals surface area contributed by atoms with Crippen molar-refractivity contribution in [3.63, 3.8) is 0 Å². The van der Waals surface area contributed by atoms with Crippen LogP contribution in [0, 0.1) is 13.8 Å². The summed E-state index contributed by atoms with van der Waals surface area (Å²) in [6.45, 7) is 3.67. The Bertz CT molecular complexity index is 1620. The SMILES string of the molecule is Cc1ccnc(Oc2ccc(-c3c(-c4c(C)c(NC(=O)O)nn4C)n(C)c4ncnc(N)c34)cc2)n1. The Balaban J connectivity index is 1.68. The lowest BCUT2D eigenvalue weighted by molar-refractivity contribution is 0.209. The summed E-state index contributed by atoms with van der Waals surface area (Å²) in [6, 6.07) is 9.49. The summed E-state index contributed by atoms with van der Waals surface area (Å²) in [5.74, 6) is 1.14. The summed E-state index contributed by atoms with van der Waals surface area (Å²) in [7, 11) is 3.63. The Hall–Kier alpha value is -5.00. The maximum absolute atomic E-state index is 11.3. The highest BCUT2D eigenvalue weighted by Crippen LogP contribution is 2.43. The van der Waals surface area contributed by atoms with Crippen LogP contribution in [0.5, 0.6) is 11.8 Å². The number of aromatic nitrogens is 7. The molecule has 0 unspecified atom stereocenters. The van der Waals surface area contributed by atoms with Gasteiger partial charge in [-0.1, -0.05) is 12.1 Å². The third kappa shape index (κ3) is 3.83. The summed E-state index contributed by atoms with van der Waals surface area (Å²) in [6.07, 6.45) is 1.86. The molecule has 182 valence electrons. The molecule has 1 amide bonds. The maximum atomic E-state index is 11.3. The van der Waals surface area contributed by atoms with Crippen LogP contribution < -0.4 is 15.8 Å². The molecule has 0 spiro atoms. The first-order valence-electron chi connectivity index (χ1n) is 10.9. The van der Waals surface area contributed by atoms with E-state index in [0.717, 1.165) is 22.5 Å². The minimum absolute atomic E-state index is 0.247. The van der Waals surface area contributed by atoms with E-state index in [2.05, 4.69) is 30.4 Å². The van der Waals surface area contributed by atoms with Crippen LogP contribution >= 0.6 is 0 Å². The van der Waals surface area contributed by atoms with Crippen molar-refractivity contribution in [2.45, 2.75) is 13.8 Å². The van der Waals surface area contributed by atoms with E-state index in [1.165, 1.54) is 6.33 Å². The normalized spacial score (nSPS) is 11.1. The molecule has 0 fully saturated rings. The largest absolute Gasteiger partial charge is 0.465 e. The molecule has 5 aromatic rings. The topological polar surface area (TPSA) is 159 Å². The van der Waals surface area contributed by atoms with Crippen molar-refractivity contribution in [2.75, 3.05) is 11.1 Å². The van der Waals surface area contributed by atoms with Crippen LogP contribution in [0.15, 0.2) is 42.9 Å². The molecule has 12 nitrogen and oxygen atoms in total. The van der Waals surface area contributed by atoms with Gasteiger partial charge in [-0.05, 0) is 37.6 Å². The monoisotopic (exact) mass is 485 g/mol. The van der Waals surface area contributed by atoms with Gasteiger partial charge in [-0.3, -0.25) is 10.00 Å². The highest BCUT2D eigenvalue weighted by atomic mass is 16.5. The fourth-order valence-electron chi connectivity index (χ4n) is 4.28. The van der Waals surface area contributed by atoms with Gasteiger partial charge in [0.25, 0.3) is 0 Å². The number of amides is 1. The van der Waals surface area contributed by atoms with E-state index in [4.69, 9.17) is 10.5 Å². The minimum Gasteiger partial charge on any atom is -0.465 e. The van der Waals surface area contributed by atoms with Gasteiger partial charge in [-0.2, -0.15) is 5.10 Å². The highest BCUT2D eigenvalue weighted by Gasteiger charge is 2.26. The Morgan fingerprint density at radius 3 is 2.50 bits per heavy atom. The summed E-state index contributed by atoms with van der Waals surface area (Å²) in [5, 5.41) is 16.6. The van der Waals surface area contributed by atoms with Crippen molar-refractivity contribution in [1.82, 2.24) is 34.3 Å². The average Bonchev–Trinajstić information content (AvgIpc) is 3.27. The first-order valence-corrected chi connectivity index (χ1v) is 10.9. The zero-order valence-electron chi connectivity index (χ0n) is 20.0. The molecule has 36 heavy (non-hydrogen) atoms. The summed E-state index contributed by atoms with van der Waals surface area (Å²) < 4.78 is 9.34. The number of aryl methyl sites for hydroxylation is 3. The van der Waals surface area contributed by atoms with Gasteiger partial charge in [0.05, 0.1) is 16.8 Å². The Morgan fingerprint density at radius 1 is 1.06 bits per heavy atom. The molecule has 0 aliphatic rings. The summed E-state index contributed by atoms with van der Waals surface area (Å²) in [5.41, 5.74) is 11.5. The fourth-order valence-corrected chi connectivity index (χ4v) is 4.28. The number of fused-ring (bicyclic) bond motifs is 1. The van der Waals surface area contributed by atoms with Crippen molar-refractivity contribution >= 4 is 28.8 Å². The number of nitrogen functional groups attached to an aromatic ring is 1. The molecule has 0 aliphatic heterocycles. The summed E-state index contributed by atoms with van der Waals surface area (Å²) >= 11 is 0. The lowest BCUT2D eigenvalue weighted by Crippen LogP contribution is -2.08. The van der Waals surface area contributed by atoms with Gasteiger partial charge in [0, 0.05) is 37.1 Å². The quantitative estimate of drug-likeness (QED) is 0.335.